The van der Waals surface area contributed by atoms with Crippen LogP contribution >= 0.6 is 0 Å². The number of hydrogen-bond donors (Lipinski definition) is 2. The molecule has 0 aliphatic carbocycles. The summed E-state index contributed by atoms with van der Waals surface area (Å²) in [4.78, 5) is 0. The lowest BCUT2D eigenvalue weighted by Gasteiger charge is -2.19. The van der Waals surface area contributed by atoms with Crippen molar-refractivity contribution in [3.63, 3.8) is 0 Å². The highest BCUT2D eigenvalue weighted by molar-refractivity contribution is 5.32. The van der Waals surface area contributed by atoms with Crippen LogP contribution in [0.5, 0.6) is 5.75 Å². The van der Waals surface area contributed by atoms with Gasteiger partial charge in [-0.15, -0.1) is 0 Å². The first-order chi connectivity index (χ1) is 12.2. The Kier molecular flexibility index (Phi) is 8.50. The number of rotatable bonds is 11. The normalized spacial score (nSPS) is 13.4. The molecule has 0 radical (unpaired) electrons. The molecular formula is C22H30O3. The van der Waals surface area contributed by atoms with Gasteiger partial charge in [-0.25, -0.2) is 0 Å². The minimum absolute atomic E-state index is 0.664. The highest BCUT2D eigenvalue weighted by atomic mass is 16.5. The lowest BCUT2D eigenvalue weighted by molar-refractivity contribution is 0.0171. The zero-order chi connectivity index (χ0) is 17.9. The van der Waals surface area contributed by atoms with Crippen molar-refractivity contribution in [3.8, 4) is 5.75 Å². The maximum absolute atomic E-state index is 10.5. The Morgan fingerprint density at radius 1 is 0.760 bits per heavy atom. The largest absolute Gasteiger partial charge is 0.494 e. The molecule has 25 heavy (non-hydrogen) atoms. The van der Waals surface area contributed by atoms with E-state index >= 15 is 0 Å². The standard InChI is InChI=1S/C22H30O3/c1-2-3-4-5-6-10-16-25-20-15-11-14-19(17-20)22(24)21(23)18-12-8-7-9-13-18/h7-9,11-15,17,21-24H,2-6,10,16H2,1H3. The van der Waals surface area contributed by atoms with Crippen molar-refractivity contribution in [1.29, 1.82) is 0 Å². The highest BCUT2D eigenvalue weighted by Gasteiger charge is 2.20. The molecule has 0 saturated heterocycles. The zero-order valence-electron chi connectivity index (χ0n) is 15.1. The predicted molar refractivity (Wildman–Crippen MR) is 102 cm³/mol. The molecule has 0 amide bonds. The van der Waals surface area contributed by atoms with E-state index in [1.807, 2.05) is 54.6 Å². The molecule has 0 spiro atoms. The van der Waals surface area contributed by atoms with E-state index in [4.69, 9.17) is 4.74 Å². The Bertz CT molecular complexity index is 597. The summed E-state index contributed by atoms with van der Waals surface area (Å²) in [6.45, 7) is 2.91. The second-order valence-electron chi connectivity index (χ2n) is 6.49. The first kappa shape index (κ1) is 19.5. The van der Waals surface area contributed by atoms with Gasteiger partial charge in [0, 0.05) is 0 Å². The average Bonchev–Trinajstić information content (AvgIpc) is 2.67. The summed E-state index contributed by atoms with van der Waals surface area (Å²) in [6.07, 6.45) is 5.45. The van der Waals surface area contributed by atoms with Crippen molar-refractivity contribution in [2.45, 2.75) is 57.7 Å². The van der Waals surface area contributed by atoms with Crippen LogP contribution in [0.15, 0.2) is 54.6 Å². The van der Waals surface area contributed by atoms with Crippen LogP contribution in [-0.4, -0.2) is 16.8 Å². The molecule has 136 valence electrons. The van der Waals surface area contributed by atoms with Gasteiger partial charge in [0.25, 0.3) is 0 Å². The zero-order valence-corrected chi connectivity index (χ0v) is 15.1. The second kappa shape index (κ2) is 10.9. The van der Waals surface area contributed by atoms with Crippen LogP contribution in [-0.2, 0) is 0 Å². The van der Waals surface area contributed by atoms with E-state index in [-0.39, 0.29) is 0 Å². The fourth-order valence-electron chi connectivity index (χ4n) is 2.88. The molecule has 0 fully saturated rings. The maximum Gasteiger partial charge on any atom is 0.119 e. The van der Waals surface area contributed by atoms with Crippen molar-refractivity contribution >= 4 is 0 Å². The van der Waals surface area contributed by atoms with Gasteiger partial charge < -0.3 is 14.9 Å². The van der Waals surface area contributed by atoms with Crippen LogP contribution in [0.1, 0.15) is 68.8 Å². The molecule has 2 N–H and O–H groups in total. The maximum atomic E-state index is 10.5. The van der Waals surface area contributed by atoms with Crippen LogP contribution in [0.25, 0.3) is 0 Å². The van der Waals surface area contributed by atoms with Gasteiger partial charge in [0.1, 0.15) is 18.0 Å². The fourth-order valence-corrected chi connectivity index (χ4v) is 2.88. The monoisotopic (exact) mass is 342 g/mol. The summed E-state index contributed by atoms with van der Waals surface area (Å²) < 4.78 is 5.80. The topological polar surface area (TPSA) is 49.7 Å². The Morgan fingerprint density at radius 3 is 2.16 bits per heavy atom. The molecule has 0 heterocycles. The number of aliphatic hydroxyl groups is 2. The van der Waals surface area contributed by atoms with E-state index in [2.05, 4.69) is 6.92 Å². The molecule has 0 aliphatic rings. The van der Waals surface area contributed by atoms with Crippen molar-refractivity contribution in [2.75, 3.05) is 6.61 Å². The van der Waals surface area contributed by atoms with Gasteiger partial charge >= 0.3 is 0 Å². The smallest absolute Gasteiger partial charge is 0.119 e. The Morgan fingerprint density at radius 2 is 1.40 bits per heavy atom. The summed E-state index contributed by atoms with van der Waals surface area (Å²) in [5.74, 6) is 0.741. The molecule has 2 rings (SSSR count). The van der Waals surface area contributed by atoms with E-state index in [1.54, 1.807) is 0 Å². The summed E-state index contributed by atoms with van der Waals surface area (Å²) >= 11 is 0. The van der Waals surface area contributed by atoms with E-state index in [0.717, 1.165) is 12.2 Å². The first-order valence-corrected chi connectivity index (χ1v) is 9.36. The molecule has 0 saturated carbocycles. The van der Waals surface area contributed by atoms with Gasteiger partial charge in [-0.1, -0.05) is 81.5 Å². The quantitative estimate of drug-likeness (QED) is 0.552. The van der Waals surface area contributed by atoms with Gasteiger partial charge in [-0.05, 0) is 29.7 Å². The molecule has 0 bridgehead atoms. The Labute approximate surface area is 151 Å². The lowest BCUT2D eigenvalue weighted by Crippen LogP contribution is -2.10. The van der Waals surface area contributed by atoms with Crippen LogP contribution in [0.3, 0.4) is 0 Å². The van der Waals surface area contributed by atoms with Crippen molar-refractivity contribution < 1.29 is 14.9 Å². The molecule has 3 heteroatoms. The van der Waals surface area contributed by atoms with Crippen LogP contribution < -0.4 is 4.74 Å². The summed E-state index contributed by atoms with van der Waals surface area (Å²) in [5, 5.41) is 20.8. The van der Waals surface area contributed by atoms with Crippen molar-refractivity contribution in [2.24, 2.45) is 0 Å². The average molecular weight is 342 g/mol. The molecule has 2 atom stereocenters. The van der Waals surface area contributed by atoms with Crippen molar-refractivity contribution in [1.82, 2.24) is 0 Å². The van der Waals surface area contributed by atoms with Crippen LogP contribution in [0.4, 0.5) is 0 Å². The first-order valence-electron chi connectivity index (χ1n) is 9.36. The van der Waals surface area contributed by atoms with E-state index in [1.165, 1.54) is 32.1 Å². The minimum atomic E-state index is -0.972. The minimum Gasteiger partial charge on any atom is -0.494 e. The molecule has 0 aromatic heterocycles. The number of benzene rings is 2. The third-order valence-corrected chi connectivity index (χ3v) is 4.41. The number of ether oxygens (including phenoxy) is 1. The van der Waals surface area contributed by atoms with E-state index < -0.39 is 12.2 Å². The predicted octanol–water partition coefficient (Wildman–Crippen LogP) is 5.19. The van der Waals surface area contributed by atoms with E-state index in [0.29, 0.717) is 17.7 Å². The van der Waals surface area contributed by atoms with Crippen LogP contribution in [0.2, 0.25) is 0 Å². The fraction of sp³-hybridized carbons (Fsp3) is 0.455. The molecule has 2 aromatic carbocycles. The summed E-state index contributed by atoms with van der Waals surface area (Å²) in [7, 11) is 0. The van der Waals surface area contributed by atoms with Gasteiger partial charge in [-0.3, -0.25) is 0 Å². The Balaban J connectivity index is 1.83. The molecule has 2 unspecified atom stereocenters. The van der Waals surface area contributed by atoms with Gasteiger partial charge in [0.15, 0.2) is 0 Å². The molecule has 0 aliphatic heterocycles. The van der Waals surface area contributed by atoms with Gasteiger partial charge in [-0.2, -0.15) is 0 Å². The number of unbranched alkanes of at least 4 members (excludes halogenated alkanes) is 5. The summed E-state index contributed by atoms with van der Waals surface area (Å²) in [5.41, 5.74) is 1.37. The second-order valence-corrected chi connectivity index (χ2v) is 6.49. The van der Waals surface area contributed by atoms with Crippen molar-refractivity contribution in [3.05, 3.63) is 65.7 Å². The number of aliphatic hydroxyl groups excluding tert-OH is 2. The van der Waals surface area contributed by atoms with Crippen LogP contribution in [0, 0.1) is 0 Å². The van der Waals surface area contributed by atoms with Gasteiger partial charge in [0.2, 0.25) is 0 Å². The van der Waals surface area contributed by atoms with Gasteiger partial charge in [0.05, 0.1) is 6.61 Å². The molecule has 3 nitrogen and oxygen atoms in total. The highest BCUT2D eigenvalue weighted by Crippen LogP contribution is 2.30. The molecule has 2 aromatic rings. The SMILES string of the molecule is CCCCCCCCOc1cccc(C(O)C(O)c2ccccc2)c1. The lowest BCUT2D eigenvalue weighted by atomic mass is 9.98. The molecular weight excluding hydrogens is 312 g/mol. The third kappa shape index (κ3) is 6.52. The Hall–Kier alpha value is -1.84. The van der Waals surface area contributed by atoms with E-state index in [9.17, 15) is 10.2 Å². The number of hydrogen-bond acceptors (Lipinski definition) is 3. The summed E-state index contributed by atoms with van der Waals surface area (Å²) in [6, 6.07) is 16.6. The third-order valence-electron chi connectivity index (χ3n) is 4.41.